The zero-order valence-corrected chi connectivity index (χ0v) is 11.4. The van der Waals surface area contributed by atoms with E-state index in [0.717, 1.165) is 4.88 Å². The molecular formula is C15H14O3S. The van der Waals surface area contributed by atoms with E-state index < -0.39 is 5.97 Å². The minimum atomic E-state index is -0.395. The Balaban J connectivity index is 2.14. The van der Waals surface area contributed by atoms with Crippen LogP contribution in [0.3, 0.4) is 0 Å². The van der Waals surface area contributed by atoms with E-state index in [1.165, 1.54) is 0 Å². The average molecular weight is 274 g/mol. The number of esters is 1. The molecule has 1 aromatic carbocycles. The zero-order chi connectivity index (χ0) is 13.7. The number of ether oxygens (including phenoxy) is 1. The van der Waals surface area contributed by atoms with Crippen LogP contribution in [0, 0.1) is 0 Å². The van der Waals surface area contributed by atoms with Gasteiger partial charge in [-0.15, -0.1) is 11.3 Å². The van der Waals surface area contributed by atoms with E-state index in [1.807, 2.05) is 17.5 Å². The summed E-state index contributed by atoms with van der Waals surface area (Å²) in [4.78, 5) is 24.7. The summed E-state index contributed by atoms with van der Waals surface area (Å²) in [7, 11) is 0. The van der Waals surface area contributed by atoms with Crippen molar-refractivity contribution in [3.05, 3.63) is 57.8 Å². The molecule has 2 rings (SSSR count). The Bertz CT molecular complexity index is 573. The lowest BCUT2D eigenvalue weighted by molar-refractivity contribution is 0.0526. The number of hydrogen-bond donors (Lipinski definition) is 0. The van der Waals surface area contributed by atoms with Gasteiger partial charge in [0.05, 0.1) is 12.2 Å². The molecule has 3 nitrogen and oxygen atoms in total. The van der Waals surface area contributed by atoms with Gasteiger partial charge in [0.1, 0.15) is 0 Å². The van der Waals surface area contributed by atoms with Crippen molar-refractivity contribution in [3.63, 3.8) is 0 Å². The lowest BCUT2D eigenvalue weighted by atomic mass is 10.0. The number of rotatable bonds is 5. The van der Waals surface area contributed by atoms with Gasteiger partial charge in [-0.2, -0.15) is 0 Å². The van der Waals surface area contributed by atoms with Crippen molar-refractivity contribution in [1.29, 1.82) is 0 Å². The molecule has 1 aromatic heterocycles. The summed E-state index contributed by atoms with van der Waals surface area (Å²) in [6.07, 6.45) is 0.365. The summed E-state index contributed by atoms with van der Waals surface area (Å²) >= 11 is 1.55. The van der Waals surface area contributed by atoms with Crippen molar-refractivity contribution in [1.82, 2.24) is 0 Å². The molecule has 4 heteroatoms. The van der Waals surface area contributed by atoms with Gasteiger partial charge < -0.3 is 4.74 Å². The van der Waals surface area contributed by atoms with Gasteiger partial charge in [-0.05, 0) is 30.5 Å². The number of ketones is 1. The van der Waals surface area contributed by atoms with Gasteiger partial charge >= 0.3 is 5.97 Å². The minimum absolute atomic E-state index is 0.00796. The van der Waals surface area contributed by atoms with Crippen LogP contribution in [0.5, 0.6) is 0 Å². The molecule has 0 fully saturated rings. The number of Topliss-reactive ketones (excluding diaryl/α,β-unsaturated/α-hetero) is 1. The maximum Gasteiger partial charge on any atom is 0.338 e. The van der Waals surface area contributed by atoms with Crippen molar-refractivity contribution < 1.29 is 14.3 Å². The Kier molecular flexibility index (Phi) is 4.47. The quantitative estimate of drug-likeness (QED) is 0.620. The van der Waals surface area contributed by atoms with Crippen molar-refractivity contribution in [2.45, 2.75) is 13.3 Å². The highest BCUT2D eigenvalue weighted by Gasteiger charge is 2.12. The fraction of sp³-hybridized carbons (Fsp3) is 0.200. The molecule has 2 aromatic rings. The molecule has 0 aliphatic heterocycles. The van der Waals surface area contributed by atoms with Crippen LogP contribution in [-0.4, -0.2) is 18.4 Å². The Labute approximate surface area is 115 Å². The summed E-state index contributed by atoms with van der Waals surface area (Å²) < 4.78 is 4.92. The fourth-order valence-corrected chi connectivity index (χ4v) is 2.41. The van der Waals surface area contributed by atoms with E-state index in [9.17, 15) is 9.59 Å². The van der Waals surface area contributed by atoms with Crippen molar-refractivity contribution in [2.24, 2.45) is 0 Å². The zero-order valence-electron chi connectivity index (χ0n) is 10.6. The van der Waals surface area contributed by atoms with Crippen LogP contribution in [0.1, 0.15) is 32.5 Å². The second kappa shape index (κ2) is 6.29. The lowest BCUT2D eigenvalue weighted by Gasteiger charge is -2.04. The Morgan fingerprint density at radius 2 is 1.95 bits per heavy atom. The second-order valence-electron chi connectivity index (χ2n) is 3.98. The first-order valence-corrected chi connectivity index (χ1v) is 6.91. The highest BCUT2D eigenvalue weighted by atomic mass is 32.1. The van der Waals surface area contributed by atoms with Crippen LogP contribution in [0.25, 0.3) is 0 Å². The van der Waals surface area contributed by atoms with E-state index in [0.29, 0.717) is 24.2 Å². The van der Waals surface area contributed by atoms with Crippen LogP contribution in [0.15, 0.2) is 41.8 Å². The summed E-state index contributed by atoms with van der Waals surface area (Å²) in [5.41, 5.74) is 0.956. The predicted molar refractivity (Wildman–Crippen MR) is 74.8 cm³/mol. The summed E-state index contributed by atoms with van der Waals surface area (Å²) in [6.45, 7) is 2.08. The number of carbonyl (C=O) groups is 2. The number of carbonyl (C=O) groups excluding carboxylic acids is 2. The van der Waals surface area contributed by atoms with Crippen LogP contribution < -0.4 is 0 Å². The lowest BCUT2D eigenvalue weighted by Crippen LogP contribution is -2.07. The summed E-state index contributed by atoms with van der Waals surface area (Å²) in [5.74, 6) is -0.387. The molecule has 0 amide bonds. The topological polar surface area (TPSA) is 43.4 Å². The van der Waals surface area contributed by atoms with Crippen LogP contribution >= 0.6 is 11.3 Å². The molecule has 0 saturated heterocycles. The van der Waals surface area contributed by atoms with Crippen LogP contribution in [0.4, 0.5) is 0 Å². The van der Waals surface area contributed by atoms with E-state index in [4.69, 9.17) is 4.74 Å². The van der Waals surface area contributed by atoms with Gasteiger partial charge in [0, 0.05) is 16.9 Å². The minimum Gasteiger partial charge on any atom is -0.462 e. The largest absolute Gasteiger partial charge is 0.462 e. The van der Waals surface area contributed by atoms with Gasteiger partial charge in [-0.1, -0.05) is 18.2 Å². The van der Waals surface area contributed by atoms with E-state index in [2.05, 4.69) is 0 Å². The smallest absolute Gasteiger partial charge is 0.338 e. The Morgan fingerprint density at radius 1 is 1.16 bits per heavy atom. The van der Waals surface area contributed by atoms with E-state index >= 15 is 0 Å². The van der Waals surface area contributed by atoms with Gasteiger partial charge in [0.25, 0.3) is 0 Å². The summed E-state index contributed by atoms with van der Waals surface area (Å²) in [6, 6.07) is 10.5. The highest BCUT2D eigenvalue weighted by molar-refractivity contribution is 7.10. The third kappa shape index (κ3) is 3.51. The monoisotopic (exact) mass is 274 g/mol. The van der Waals surface area contributed by atoms with Gasteiger partial charge in [-0.25, -0.2) is 4.79 Å². The van der Waals surface area contributed by atoms with Gasteiger partial charge in [0.2, 0.25) is 0 Å². The first-order valence-electron chi connectivity index (χ1n) is 6.03. The first kappa shape index (κ1) is 13.5. The number of benzene rings is 1. The van der Waals surface area contributed by atoms with E-state index in [1.54, 1.807) is 42.5 Å². The molecular weight excluding hydrogens is 260 g/mol. The average Bonchev–Trinajstić information content (AvgIpc) is 2.92. The van der Waals surface area contributed by atoms with Gasteiger partial charge in [0.15, 0.2) is 5.78 Å². The summed E-state index contributed by atoms with van der Waals surface area (Å²) in [5, 5.41) is 1.94. The van der Waals surface area contributed by atoms with Crippen molar-refractivity contribution in [3.8, 4) is 0 Å². The fourth-order valence-electron chi connectivity index (χ4n) is 1.71. The van der Waals surface area contributed by atoms with Crippen LogP contribution in [-0.2, 0) is 11.2 Å². The molecule has 0 aliphatic carbocycles. The third-order valence-electron chi connectivity index (χ3n) is 2.61. The van der Waals surface area contributed by atoms with Crippen molar-refractivity contribution >= 4 is 23.1 Å². The molecule has 0 bridgehead atoms. The Morgan fingerprint density at radius 3 is 2.63 bits per heavy atom. The molecule has 0 atom stereocenters. The van der Waals surface area contributed by atoms with E-state index in [-0.39, 0.29) is 5.78 Å². The molecule has 0 spiro atoms. The third-order valence-corrected chi connectivity index (χ3v) is 3.49. The normalized spacial score (nSPS) is 10.2. The number of hydrogen-bond acceptors (Lipinski definition) is 4. The molecule has 0 saturated carbocycles. The maximum absolute atomic E-state index is 12.1. The highest BCUT2D eigenvalue weighted by Crippen LogP contribution is 2.14. The molecule has 0 N–H and O–H groups in total. The van der Waals surface area contributed by atoms with Crippen molar-refractivity contribution in [2.75, 3.05) is 6.61 Å². The first-order chi connectivity index (χ1) is 9.20. The molecule has 98 valence electrons. The Hall–Kier alpha value is -1.94. The standard InChI is InChI=1S/C15H14O3S/c1-2-18-15(17)12-6-3-5-11(9-12)14(16)10-13-7-4-8-19-13/h3-9H,2,10H2,1H3. The maximum atomic E-state index is 12.1. The molecule has 0 radical (unpaired) electrons. The molecule has 1 heterocycles. The molecule has 0 aliphatic rings. The molecule has 19 heavy (non-hydrogen) atoms. The van der Waals surface area contributed by atoms with Crippen LogP contribution in [0.2, 0.25) is 0 Å². The predicted octanol–water partition coefficient (Wildman–Crippen LogP) is 3.35. The second-order valence-corrected chi connectivity index (χ2v) is 5.01. The van der Waals surface area contributed by atoms with Gasteiger partial charge in [-0.3, -0.25) is 4.79 Å². The number of thiophene rings is 1. The SMILES string of the molecule is CCOC(=O)c1cccc(C(=O)Cc2cccs2)c1. The molecule has 0 unspecified atom stereocenters.